The number of hydrogen-bond acceptors (Lipinski definition) is 8. The van der Waals surface area contributed by atoms with E-state index in [0.717, 1.165) is 38.5 Å². The summed E-state index contributed by atoms with van der Waals surface area (Å²) in [6, 6.07) is 5.34. The number of halogens is 2. The lowest BCUT2D eigenvalue weighted by Gasteiger charge is -2.35. The molecule has 1 aliphatic carbocycles. The summed E-state index contributed by atoms with van der Waals surface area (Å²) in [5, 5.41) is 14.0. The van der Waals surface area contributed by atoms with Gasteiger partial charge in [0.2, 0.25) is 0 Å². The Morgan fingerprint density at radius 2 is 2.00 bits per heavy atom. The lowest BCUT2D eigenvalue weighted by molar-refractivity contribution is 0.183. The van der Waals surface area contributed by atoms with Gasteiger partial charge in [0.05, 0.1) is 17.6 Å². The molecule has 2 fully saturated rings. The first kappa shape index (κ1) is 23.6. The van der Waals surface area contributed by atoms with Crippen LogP contribution in [0.1, 0.15) is 19.8 Å². The molecule has 0 radical (unpaired) electrons. The molecule has 8 nitrogen and oxygen atoms in total. The number of benzene rings is 1. The fourth-order valence-electron chi connectivity index (χ4n) is 4.77. The Balaban J connectivity index is 1.60. The average molecular weight is 485 g/mol. The highest BCUT2D eigenvalue weighted by Crippen LogP contribution is 2.46. The van der Waals surface area contributed by atoms with Crippen LogP contribution in [0.15, 0.2) is 24.3 Å². The second-order valence-corrected chi connectivity index (χ2v) is 9.93. The number of phenolic OH excluding ortho intramolecular Hbond substituents is 1. The van der Waals surface area contributed by atoms with E-state index in [1.54, 1.807) is 0 Å². The van der Waals surface area contributed by atoms with Crippen molar-refractivity contribution in [3.8, 4) is 23.0 Å². The maximum atomic E-state index is 15.3. The van der Waals surface area contributed by atoms with Crippen molar-refractivity contribution in [2.45, 2.75) is 25.8 Å². The van der Waals surface area contributed by atoms with Crippen LogP contribution in [0.2, 0.25) is 0 Å². The lowest BCUT2D eigenvalue weighted by Crippen LogP contribution is -2.50. The van der Waals surface area contributed by atoms with Gasteiger partial charge in [-0.2, -0.15) is 9.97 Å². The van der Waals surface area contributed by atoms with Crippen LogP contribution in [-0.2, 0) is 0 Å². The molecule has 1 saturated heterocycles. The normalized spacial score (nSPS) is 19.4. The monoisotopic (exact) mass is 484 g/mol. The molecule has 3 aromatic rings. The molecule has 1 aromatic carbocycles. The van der Waals surface area contributed by atoms with Crippen LogP contribution < -0.4 is 15.0 Å². The van der Waals surface area contributed by atoms with E-state index in [4.69, 9.17) is 4.74 Å². The fraction of sp³-hybridized carbons (Fsp3) is 0.480. The molecule has 2 aliphatic rings. The quantitative estimate of drug-likeness (QED) is 0.529. The van der Waals surface area contributed by atoms with Crippen LogP contribution in [0.4, 0.5) is 14.6 Å². The number of anilines is 1. The standard InChI is InChI=1S/C25H30F2N6O2/c1-15-12-28-9-10-33(15)23-16-11-18(27)21(20-17(26)5-4-6-19(20)34)29-22(16)30-24(31-23)35-14-25(7-8-25)13-32(2)3/h4-6,11,15,28,34H,7-10,12-14H2,1-3H3/t15-/m1/s1. The zero-order valence-corrected chi connectivity index (χ0v) is 20.2. The van der Waals surface area contributed by atoms with E-state index >= 15 is 4.39 Å². The highest BCUT2D eigenvalue weighted by molar-refractivity contribution is 5.90. The second-order valence-electron chi connectivity index (χ2n) is 9.93. The molecule has 3 heterocycles. The van der Waals surface area contributed by atoms with Crippen LogP contribution in [0.5, 0.6) is 11.8 Å². The molecule has 10 heteroatoms. The first-order valence-corrected chi connectivity index (χ1v) is 11.9. The van der Waals surface area contributed by atoms with Crippen molar-refractivity contribution in [3.63, 3.8) is 0 Å². The van der Waals surface area contributed by atoms with Gasteiger partial charge in [-0.05, 0) is 52.1 Å². The Hall–Kier alpha value is -3.11. The van der Waals surface area contributed by atoms with Crippen molar-refractivity contribution in [2.75, 3.05) is 51.8 Å². The van der Waals surface area contributed by atoms with Crippen LogP contribution in [-0.4, -0.2) is 77.9 Å². The van der Waals surface area contributed by atoms with E-state index in [9.17, 15) is 9.50 Å². The van der Waals surface area contributed by atoms with Crippen molar-refractivity contribution >= 4 is 16.9 Å². The van der Waals surface area contributed by atoms with Crippen molar-refractivity contribution in [3.05, 3.63) is 35.9 Å². The Morgan fingerprint density at radius 1 is 1.20 bits per heavy atom. The summed E-state index contributed by atoms with van der Waals surface area (Å²) in [4.78, 5) is 17.8. The first-order valence-electron chi connectivity index (χ1n) is 11.9. The Kier molecular flexibility index (Phi) is 6.18. The number of pyridine rings is 1. The van der Waals surface area contributed by atoms with Gasteiger partial charge in [-0.1, -0.05) is 6.07 Å². The topological polar surface area (TPSA) is 86.6 Å². The molecular weight excluding hydrogens is 454 g/mol. The molecule has 0 bridgehead atoms. The predicted molar refractivity (Wildman–Crippen MR) is 130 cm³/mol. The summed E-state index contributed by atoms with van der Waals surface area (Å²) in [5.74, 6) is -1.39. The largest absolute Gasteiger partial charge is 0.507 e. The van der Waals surface area contributed by atoms with E-state index in [1.165, 1.54) is 18.2 Å². The minimum Gasteiger partial charge on any atom is -0.507 e. The maximum absolute atomic E-state index is 15.3. The van der Waals surface area contributed by atoms with E-state index in [1.807, 2.05) is 14.1 Å². The minimum absolute atomic E-state index is 0.0741. The molecule has 0 spiro atoms. The van der Waals surface area contributed by atoms with Gasteiger partial charge in [-0.3, -0.25) is 0 Å². The summed E-state index contributed by atoms with van der Waals surface area (Å²) in [7, 11) is 4.07. The summed E-state index contributed by atoms with van der Waals surface area (Å²) in [6.07, 6.45) is 2.14. The van der Waals surface area contributed by atoms with Crippen molar-refractivity contribution < 1.29 is 18.6 Å². The van der Waals surface area contributed by atoms with Gasteiger partial charge in [-0.15, -0.1) is 0 Å². The highest BCUT2D eigenvalue weighted by Gasteiger charge is 2.44. The first-order chi connectivity index (χ1) is 16.8. The van der Waals surface area contributed by atoms with Crippen molar-refractivity contribution in [1.82, 2.24) is 25.2 Å². The number of aromatic nitrogens is 3. The molecule has 5 rings (SSSR count). The number of ether oxygens (including phenoxy) is 1. The summed E-state index contributed by atoms with van der Waals surface area (Å²) >= 11 is 0. The van der Waals surface area contributed by atoms with Gasteiger partial charge >= 0.3 is 6.01 Å². The molecular formula is C25H30F2N6O2. The van der Waals surface area contributed by atoms with Crippen molar-refractivity contribution in [1.29, 1.82) is 0 Å². The minimum atomic E-state index is -0.767. The molecule has 0 amide bonds. The van der Waals surface area contributed by atoms with Gasteiger partial charge in [-0.25, -0.2) is 13.8 Å². The van der Waals surface area contributed by atoms with Crippen LogP contribution in [0, 0.1) is 17.0 Å². The summed E-state index contributed by atoms with van der Waals surface area (Å²) in [5.41, 5.74) is -0.339. The fourth-order valence-corrected chi connectivity index (χ4v) is 4.77. The van der Waals surface area contributed by atoms with Gasteiger partial charge in [0.15, 0.2) is 11.5 Å². The van der Waals surface area contributed by atoms with Gasteiger partial charge in [0.25, 0.3) is 0 Å². The number of hydrogen-bond donors (Lipinski definition) is 2. The third-order valence-corrected chi connectivity index (χ3v) is 6.72. The highest BCUT2D eigenvalue weighted by atomic mass is 19.1. The zero-order chi connectivity index (χ0) is 24.7. The number of nitrogens with zero attached hydrogens (tertiary/aromatic N) is 5. The molecule has 0 unspecified atom stereocenters. The molecule has 1 atom stereocenters. The molecule has 35 heavy (non-hydrogen) atoms. The number of fused-ring (bicyclic) bond motifs is 1. The molecule has 1 saturated carbocycles. The smallest absolute Gasteiger partial charge is 0.320 e. The Labute approximate surface area is 203 Å². The van der Waals surface area contributed by atoms with E-state index in [0.29, 0.717) is 24.4 Å². The Bertz CT molecular complexity index is 1230. The number of aromatic hydroxyl groups is 1. The third kappa shape index (κ3) is 4.72. The lowest BCUT2D eigenvalue weighted by atomic mass is 10.1. The van der Waals surface area contributed by atoms with Gasteiger partial charge in [0, 0.05) is 37.6 Å². The Morgan fingerprint density at radius 3 is 2.69 bits per heavy atom. The predicted octanol–water partition coefficient (Wildman–Crippen LogP) is 3.19. The molecule has 186 valence electrons. The molecule has 2 N–H and O–H groups in total. The summed E-state index contributed by atoms with van der Waals surface area (Å²) < 4.78 is 35.9. The van der Waals surface area contributed by atoms with Gasteiger partial charge in [0.1, 0.15) is 23.1 Å². The summed E-state index contributed by atoms with van der Waals surface area (Å²) in [6.45, 7) is 5.62. The molecule has 1 aliphatic heterocycles. The third-order valence-electron chi connectivity index (χ3n) is 6.72. The van der Waals surface area contributed by atoms with Crippen molar-refractivity contribution in [2.24, 2.45) is 5.41 Å². The second kappa shape index (κ2) is 9.16. The number of rotatable bonds is 7. The number of phenols is 1. The average Bonchev–Trinajstić information content (AvgIpc) is 3.57. The van der Waals surface area contributed by atoms with E-state index in [2.05, 4.69) is 37.0 Å². The van der Waals surface area contributed by atoms with E-state index in [-0.39, 0.29) is 34.4 Å². The SMILES string of the molecule is C[C@@H]1CNCCN1c1nc(OCC2(CN(C)C)CC2)nc2nc(-c3c(O)cccc3F)c(F)cc12. The number of nitrogens with one attached hydrogen (secondary N) is 1. The van der Waals surface area contributed by atoms with Crippen LogP contribution in [0.25, 0.3) is 22.3 Å². The van der Waals surface area contributed by atoms with Gasteiger partial charge < -0.3 is 25.0 Å². The van der Waals surface area contributed by atoms with E-state index < -0.39 is 17.4 Å². The molecule has 2 aromatic heterocycles. The van der Waals surface area contributed by atoms with Crippen LogP contribution in [0.3, 0.4) is 0 Å². The maximum Gasteiger partial charge on any atom is 0.320 e. The zero-order valence-electron chi connectivity index (χ0n) is 20.2. The number of piperazine rings is 1. The van der Waals surface area contributed by atoms with Crippen LogP contribution >= 0.6 is 0 Å².